The van der Waals surface area contributed by atoms with Crippen molar-refractivity contribution < 1.29 is 9.59 Å². The Morgan fingerprint density at radius 3 is 2.00 bits per heavy atom. The Balaban J connectivity index is 3.39. The number of hydrogen-bond acceptors (Lipinski definition) is 3. The molecule has 0 rings (SSSR count). The van der Waals surface area contributed by atoms with Crippen LogP contribution < -0.4 is 10.6 Å². The lowest BCUT2D eigenvalue weighted by Gasteiger charge is -2.09. The molecular weight excluding hydrogens is 140 g/mol. The van der Waals surface area contributed by atoms with E-state index in [4.69, 9.17) is 0 Å². The summed E-state index contributed by atoms with van der Waals surface area (Å²) in [7, 11) is 0. The first-order valence-electron chi connectivity index (χ1n) is 2.27. The monoisotopic (exact) mass is 148 g/mol. The van der Waals surface area contributed by atoms with Crippen molar-refractivity contribution in [2.24, 2.45) is 0 Å². The normalized spacial score (nSPS) is 8.67. The Kier molecular flexibility index (Phi) is 5.00. The van der Waals surface area contributed by atoms with Crippen molar-refractivity contribution in [3.63, 3.8) is 0 Å². The molecule has 0 aliphatic rings. The third-order valence-electron chi connectivity index (χ3n) is 0.675. The Morgan fingerprint density at radius 2 is 1.78 bits per heavy atom. The van der Waals surface area contributed by atoms with Crippen molar-refractivity contribution in [2.45, 2.75) is 5.50 Å². The third kappa shape index (κ3) is 3.84. The minimum Gasteiger partial charge on any atom is -0.330 e. The second kappa shape index (κ2) is 5.43. The minimum atomic E-state index is -0.306. The standard InChI is InChI=1S/C4H8N2O2S/c1-9-4(5-2-7)6-3-8/h2-4H,1H3,(H,5,7)(H,6,8). The second-order valence-corrected chi connectivity index (χ2v) is 2.13. The van der Waals surface area contributed by atoms with Crippen LogP contribution in [0.1, 0.15) is 0 Å². The van der Waals surface area contributed by atoms with Gasteiger partial charge in [-0.3, -0.25) is 9.59 Å². The molecular formula is C4H8N2O2S. The molecule has 0 aromatic heterocycles. The Morgan fingerprint density at radius 1 is 1.33 bits per heavy atom. The Hall–Kier alpha value is -0.710. The molecule has 0 aromatic rings. The van der Waals surface area contributed by atoms with Crippen LogP contribution in [0.2, 0.25) is 0 Å². The number of hydrogen-bond donors (Lipinski definition) is 2. The zero-order valence-corrected chi connectivity index (χ0v) is 5.77. The van der Waals surface area contributed by atoms with Gasteiger partial charge in [-0.25, -0.2) is 0 Å². The lowest BCUT2D eigenvalue weighted by molar-refractivity contribution is -0.111. The van der Waals surface area contributed by atoms with Crippen molar-refractivity contribution in [2.75, 3.05) is 6.26 Å². The molecule has 0 heterocycles. The highest BCUT2D eigenvalue weighted by Gasteiger charge is 1.98. The molecule has 0 fully saturated rings. The average Bonchev–Trinajstić information content (AvgIpc) is 1.88. The minimum absolute atomic E-state index is 0.306. The maximum Gasteiger partial charge on any atom is 0.209 e. The van der Waals surface area contributed by atoms with Crippen molar-refractivity contribution in [1.29, 1.82) is 0 Å². The van der Waals surface area contributed by atoms with E-state index in [9.17, 15) is 9.59 Å². The smallest absolute Gasteiger partial charge is 0.209 e. The van der Waals surface area contributed by atoms with Crippen LogP contribution in [0.3, 0.4) is 0 Å². The molecule has 0 radical (unpaired) electrons. The van der Waals surface area contributed by atoms with E-state index in [1.807, 2.05) is 0 Å². The van der Waals surface area contributed by atoms with E-state index >= 15 is 0 Å². The van der Waals surface area contributed by atoms with Crippen LogP contribution in [-0.2, 0) is 9.59 Å². The third-order valence-corrected chi connectivity index (χ3v) is 1.42. The molecule has 0 unspecified atom stereocenters. The topological polar surface area (TPSA) is 58.2 Å². The summed E-state index contributed by atoms with van der Waals surface area (Å²) in [5.41, 5.74) is -0.306. The zero-order valence-electron chi connectivity index (χ0n) is 4.96. The van der Waals surface area contributed by atoms with Crippen LogP contribution in [0.15, 0.2) is 0 Å². The lowest BCUT2D eigenvalue weighted by atomic mass is 11.0. The number of nitrogens with one attached hydrogen (secondary N) is 2. The lowest BCUT2D eigenvalue weighted by Crippen LogP contribution is -2.37. The molecule has 52 valence electrons. The highest BCUT2D eigenvalue weighted by Crippen LogP contribution is 1.94. The first-order valence-corrected chi connectivity index (χ1v) is 3.56. The van der Waals surface area contributed by atoms with Gasteiger partial charge in [-0.15, -0.1) is 11.8 Å². The first kappa shape index (κ1) is 8.29. The van der Waals surface area contributed by atoms with Crippen LogP contribution in [0, 0.1) is 0 Å². The van der Waals surface area contributed by atoms with Gasteiger partial charge in [0.1, 0.15) is 5.50 Å². The molecule has 0 aliphatic heterocycles. The predicted molar refractivity (Wildman–Crippen MR) is 35.7 cm³/mol. The molecule has 0 bridgehead atoms. The van der Waals surface area contributed by atoms with Crippen LogP contribution in [0.4, 0.5) is 0 Å². The molecule has 2 N–H and O–H groups in total. The van der Waals surface area contributed by atoms with E-state index in [1.165, 1.54) is 11.8 Å². The molecule has 5 heteroatoms. The van der Waals surface area contributed by atoms with Crippen molar-refractivity contribution in [1.82, 2.24) is 10.6 Å². The summed E-state index contributed by atoms with van der Waals surface area (Å²) in [6, 6.07) is 0. The fourth-order valence-corrected chi connectivity index (χ4v) is 0.691. The second-order valence-electron chi connectivity index (χ2n) is 1.18. The number of carbonyl (C=O) groups excluding carboxylic acids is 2. The first-order chi connectivity index (χ1) is 4.35. The number of thioether (sulfide) groups is 1. The van der Waals surface area contributed by atoms with E-state index in [1.54, 1.807) is 6.26 Å². The molecule has 0 spiro atoms. The molecule has 0 saturated heterocycles. The summed E-state index contributed by atoms with van der Waals surface area (Å²) in [5, 5.41) is 4.75. The molecule has 2 amide bonds. The molecule has 0 aromatic carbocycles. The van der Waals surface area contributed by atoms with Crippen LogP contribution >= 0.6 is 11.8 Å². The van der Waals surface area contributed by atoms with Crippen molar-refractivity contribution >= 4 is 24.6 Å². The SMILES string of the molecule is CSC(NC=O)NC=O. The van der Waals surface area contributed by atoms with Gasteiger partial charge in [-0.2, -0.15) is 0 Å². The fraction of sp³-hybridized carbons (Fsp3) is 0.500. The van der Waals surface area contributed by atoms with Gasteiger partial charge in [-0.1, -0.05) is 0 Å². The van der Waals surface area contributed by atoms with E-state index in [0.29, 0.717) is 12.8 Å². The van der Waals surface area contributed by atoms with E-state index in [-0.39, 0.29) is 5.50 Å². The summed E-state index contributed by atoms with van der Waals surface area (Å²) in [5.74, 6) is 0. The maximum absolute atomic E-state index is 9.77. The summed E-state index contributed by atoms with van der Waals surface area (Å²) < 4.78 is 0. The van der Waals surface area contributed by atoms with Gasteiger partial charge in [-0.05, 0) is 6.26 Å². The Bertz CT molecular complexity index is 88.6. The number of rotatable bonds is 5. The van der Waals surface area contributed by atoms with Gasteiger partial charge in [0.2, 0.25) is 12.8 Å². The molecule has 4 nitrogen and oxygen atoms in total. The summed E-state index contributed by atoms with van der Waals surface area (Å²) in [6.45, 7) is 0. The van der Waals surface area contributed by atoms with Crippen LogP contribution in [0.25, 0.3) is 0 Å². The highest BCUT2D eigenvalue weighted by atomic mass is 32.2. The maximum atomic E-state index is 9.77. The average molecular weight is 148 g/mol. The largest absolute Gasteiger partial charge is 0.330 e. The number of amides is 2. The van der Waals surface area contributed by atoms with Gasteiger partial charge in [0.15, 0.2) is 0 Å². The summed E-state index contributed by atoms with van der Waals surface area (Å²) in [4.78, 5) is 19.5. The Labute approximate surface area is 57.4 Å². The molecule has 0 atom stereocenters. The molecule has 9 heavy (non-hydrogen) atoms. The van der Waals surface area contributed by atoms with Crippen molar-refractivity contribution in [3.05, 3.63) is 0 Å². The fourth-order valence-electron chi connectivity index (χ4n) is 0.308. The van der Waals surface area contributed by atoms with Gasteiger partial charge in [0, 0.05) is 0 Å². The van der Waals surface area contributed by atoms with E-state index in [0.717, 1.165) is 0 Å². The van der Waals surface area contributed by atoms with Crippen LogP contribution in [-0.4, -0.2) is 24.6 Å². The van der Waals surface area contributed by atoms with E-state index < -0.39 is 0 Å². The van der Waals surface area contributed by atoms with Gasteiger partial charge in [0.25, 0.3) is 0 Å². The zero-order chi connectivity index (χ0) is 7.11. The van der Waals surface area contributed by atoms with E-state index in [2.05, 4.69) is 10.6 Å². The van der Waals surface area contributed by atoms with Gasteiger partial charge >= 0.3 is 0 Å². The van der Waals surface area contributed by atoms with Crippen LogP contribution in [0.5, 0.6) is 0 Å². The molecule has 0 saturated carbocycles. The number of carbonyl (C=O) groups is 2. The predicted octanol–water partition coefficient (Wildman–Crippen LogP) is -0.875. The highest BCUT2D eigenvalue weighted by molar-refractivity contribution is 7.99. The summed E-state index contributed by atoms with van der Waals surface area (Å²) >= 11 is 1.33. The molecule has 0 aliphatic carbocycles. The quantitative estimate of drug-likeness (QED) is 0.393. The summed E-state index contributed by atoms with van der Waals surface area (Å²) in [6.07, 6.45) is 2.85. The van der Waals surface area contributed by atoms with Gasteiger partial charge in [0.05, 0.1) is 0 Å². The van der Waals surface area contributed by atoms with Crippen molar-refractivity contribution in [3.8, 4) is 0 Å². The van der Waals surface area contributed by atoms with Gasteiger partial charge < -0.3 is 10.6 Å².